The molecular formula is C13H18F2N2O3S. The Kier molecular flexibility index (Phi) is 5.13. The molecule has 118 valence electrons. The van der Waals surface area contributed by atoms with Gasteiger partial charge in [0.2, 0.25) is 10.0 Å². The number of sulfonamides is 1. The zero-order valence-corrected chi connectivity index (χ0v) is 12.4. The van der Waals surface area contributed by atoms with E-state index >= 15 is 0 Å². The molecule has 1 saturated heterocycles. The molecule has 0 amide bonds. The van der Waals surface area contributed by atoms with Crippen molar-refractivity contribution in [2.75, 3.05) is 26.2 Å². The lowest BCUT2D eigenvalue weighted by atomic mass is 10.3. The van der Waals surface area contributed by atoms with Crippen molar-refractivity contribution in [1.29, 1.82) is 0 Å². The van der Waals surface area contributed by atoms with Crippen LogP contribution in [0.1, 0.15) is 6.92 Å². The van der Waals surface area contributed by atoms with E-state index in [-0.39, 0.29) is 16.7 Å². The van der Waals surface area contributed by atoms with E-state index in [0.717, 1.165) is 0 Å². The maximum absolute atomic E-state index is 12.5. The molecule has 1 N–H and O–H groups in total. The molecule has 1 aromatic carbocycles. The van der Waals surface area contributed by atoms with Crippen LogP contribution in [0.2, 0.25) is 0 Å². The number of piperazine rings is 1. The number of rotatable bonds is 5. The molecule has 0 saturated carbocycles. The zero-order chi connectivity index (χ0) is 15.5. The normalized spacial score (nSPS) is 20.7. The zero-order valence-electron chi connectivity index (χ0n) is 11.6. The second-order valence-corrected chi connectivity index (χ2v) is 6.73. The van der Waals surface area contributed by atoms with Crippen LogP contribution in [0.3, 0.4) is 0 Å². The summed E-state index contributed by atoms with van der Waals surface area (Å²) in [6.45, 7) is 2.76. The number of hydrogen-bond acceptors (Lipinski definition) is 4. The van der Waals surface area contributed by atoms with E-state index in [1.54, 1.807) is 0 Å². The molecule has 1 aliphatic heterocycles. The smallest absolute Gasteiger partial charge is 0.272 e. The van der Waals surface area contributed by atoms with Gasteiger partial charge in [-0.15, -0.1) is 0 Å². The minimum absolute atomic E-state index is 0.126. The van der Waals surface area contributed by atoms with Crippen LogP contribution in [0.5, 0.6) is 5.75 Å². The number of alkyl halides is 2. The molecule has 1 aromatic rings. The summed E-state index contributed by atoms with van der Waals surface area (Å²) in [7, 11) is -3.57. The van der Waals surface area contributed by atoms with Gasteiger partial charge in [-0.25, -0.2) is 17.2 Å². The van der Waals surface area contributed by atoms with Crippen molar-refractivity contribution in [2.45, 2.75) is 24.3 Å². The van der Waals surface area contributed by atoms with Crippen molar-refractivity contribution in [3.63, 3.8) is 0 Å². The van der Waals surface area contributed by atoms with Gasteiger partial charge in [-0.2, -0.15) is 4.31 Å². The molecule has 0 bridgehead atoms. The Morgan fingerprint density at radius 1 is 1.38 bits per heavy atom. The third-order valence-electron chi connectivity index (χ3n) is 3.25. The SMILES string of the molecule is CC1CNCCN1S(=O)(=O)c1ccc(OCC(F)F)cc1. The molecule has 1 heterocycles. The Morgan fingerprint density at radius 2 is 2.05 bits per heavy atom. The van der Waals surface area contributed by atoms with Gasteiger partial charge in [-0.05, 0) is 31.2 Å². The highest BCUT2D eigenvalue weighted by Crippen LogP contribution is 2.22. The molecule has 0 spiro atoms. The van der Waals surface area contributed by atoms with E-state index in [1.807, 2.05) is 6.92 Å². The summed E-state index contributed by atoms with van der Waals surface area (Å²) in [6, 6.07) is 5.42. The monoisotopic (exact) mass is 320 g/mol. The summed E-state index contributed by atoms with van der Waals surface area (Å²) in [5.74, 6) is 0.225. The summed E-state index contributed by atoms with van der Waals surface area (Å²) < 4.78 is 55.4. The summed E-state index contributed by atoms with van der Waals surface area (Å²) in [4.78, 5) is 0.139. The van der Waals surface area contributed by atoms with Gasteiger partial charge in [0.1, 0.15) is 12.4 Å². The van der Waals surface area contributed by atoms with E-state index in [2.05, 4.69) is 5.32 Å². The van der Waals surface area contributed by atoms with Gasteiger partial charge in [0, 0.05) is 25.7 Å². The Hall–Kier alpha value is -1.25. The second-order valence-electron chi connectivity index (χ2n) is 4.84. The van der Waals surface area contributed by atoms with Gasteiger partial charge in [0.15, 0.2) is 0 Å². The van der Waals surface area contributed by atoms with E-state index < -0.39 is 23.1 Å². The average Bonchev–Trinajstić information content (AvgIpc) is 2.46. The molecule has 1 fully saturated rings. The maximum Gasteiger partial charge on any atom is 0.272 e. The molecule has 1 atom stereocenters. The van der Waals surface area contributed by atoms with Crippen molar-refractivity contribution < 1.29 is 21.9 Å². The van der Waals surface area contributed by atoms with Gasteiger partial charge in [0.25, 0.3) is 6.43 Å². The van der Waals surface area contributed by atoms with Gasteiger partial charge >= 0.3 is 0 Å². The van der Waals surface area contributed by atoms with E-state index in [9.17, 15) is 17.2 Å². The molecule has 21 heavy (non-hydrogen) atoms. The van der Waals surface area contributed by atoms with Crippen LogP contribution in [0.15, 0.2) is 29.2 Å². The highest BCUT2D eigenvalue weighted by atomic mass is 32.2. The topological polar surface area (TPSA) is 58.6 Å². The van der Waals surface area contributed by atoms with Crippen LogP contribution < -0.4 is 10.1 Å². The second kappa shape index (κ2) is 6.67. The number of ether oxygens (including phenoxy) is 1. The first-order chi connectivity index (χ1) is 9.91. The number of hydrogen-bond donors (Lipinski definition) is 1. The standard InChI is InChI=1S/C13H18F2N2O3S/c1-10-8-16-6-7-17(10)21(18,19)12-4-2-11(3-5-12)20-9-13(14)15/h2-5,10,13,16H,6-9H2,1H3. The summed E-state index contributed by atoms with van der Waals surface area (Å²) in [5.41, 5.74) is 0. The lowest BCUT2D eigenvalue weighted by Gasteiger charge is -2.32. The van der Waals surface area contributed by atoms with Crippen molar-refractivity contribution in [3.05, 3.63) is 24.3 Å². The number of benzene rings is 1. The van der Waals surface area contributed by atoms with Crippen LogP contribution in [0.25, 0.3) is 0 Å². The molecule has 1 aliphatic rings. The first kappa shape index (κ1) is 16.1. The average molecular weight is 320 g/mol. The minimum atomic E-state index is -3.57. The van der Waals surface area contributed by atoms with Gasteiger partial charge < -0.3 is 10.1 Å². The maximum atomic E-state index is 12.5. The van der Waals surface area contributed by atoms with Crippen molar-refractivity contribution in [2.24, 2.45) is 0 Å². The third-order valence-corrected chi connectivity index (χ3v) is 5.27. The van der Waals surface area contributed by atoms with E-state index in [1.165, 1.54) is 28.6 Å². The molecule has 8 heteroatoms. The van der Waals surface area contributed by atoms with Gasteiger partial charge in [-0.1, -0.05) is 0 Å². The lowest BCUT2D eigenvalue weighted by Crippen LogP contribution is -2.52. The van der Waals surface area contributed by atoms with Crippen molar-refractivity contribution >= 4 is 10.0 Å². The third kappa shape index (κ3) is 3.90. The first-order valence-electron chi connectivity index (χ1n) is 6.65. The highest BCUT2D eigenvalue weighted by Gasteiger charge is 2.30. The largest absolute Gasteiger partial charge is 0.488 e. The Labute approximate surface area is 122 Å². The predicted molar refractivity (Wildman–Crippen MR) is 74.2 cm³/mol. The van der Waals surface area contributed by atoms with Crippen molar-refractivity contribution in [3.8, 4) is 5.75 Å². The first-order valence-corrected chi connectivity index (χ1v) is 8.09. The van der Waals surface area contributed by atoms with Gasteiger partial charge in [-0.3, -0.25) is 0 Å². The van der Waals surface area contributed by atoms with Crippen LogP contribution >= 0.6 is 0 Å². The fourth-order valence-corrected chi connectivity index (χ4v) is 3.81. The van der Waals surface area contributed by atoms with E-state index in [4.69, 9.17) is 4.74 Å². The van der Waals surface area contributed by atoms with Crippen LogP contribution in [0, 0.1) is 0 Å². The summed E-state index contributed by atoms with van der Waals surface area (Å²) >= 11 is 0. The molecule has 1 unspecified atom stereocenters. The number of halogens is 2. The van der Waals surface area contributed by atoms with Crippen molar-refractivity contribution in [1.82, 2.24) is 9.62 Å². The van der Waals surface area contributed by atoms with Crippen LogP contribution in [0.4, 0.5) is 8.78 Å². The number of nitrogens with one attached hydrogen (secondary N) is 1. The molecule has 0 radical (unpaired) electrons. The lowest BCUT2D eigenvalue weighted by molar-refractivity contribution is 0.0819. The van der Waals surface area contributed by atoms with Gasteiger partial charge in [0.05, 0.1) is 4.90 Å². The van der Waals surface area contributed by atoms with E-state index in [0.29, 0.717) is 19.6 Å². The van der Waals surface area contributed by atoms with Crippen LogP contribution in [-0.2, 0) is 10.0 Å². The fourth-order valence-electron chi connectivity index (χ4n) is 2.18. The molecule has 0 aromatic heterocycles. The van der Waals surface area contributed by atoms with Crippen LogP contribution in [-0.4, -0.2) is 51.4 Å². The molecular weight excluding hydrogens is 302 g/mol. The Morgan fingerprint density at radius 3 is 2.62 bits per heavy atom. The minimum Gasteiger partial charge on any atom is -0.488 e. The quantitative estimate of drug-likeness (QED) is 0.889. The Bertz CT molecular complexity index is 563. The predicted octanol–water partition coefficient (Wildman–Crippen LogP) is 1.31. The highest BCUT2D eigenvalue weighted by molar-refractivity contribution is 7.89. The summed E-state index contributed by atoms with van der Waals surface area (Å²) in [5, 5.41) is 3.13. The summed E-state index contributed by atoms with van der Waals surface area (Å²) in [6.07, 6.45) is -2.56. The molecule has 2 rings (SSSR count). The molecule has 5 nitrogen and oxygen atoms in total. The molecule has 0 aliphatic carbocycles. The number of nitrogens with zero attached hydrogens (tertiary/aromatic N) is 1. The Balaban J connectivity index is 2.13. The fraction of sp³-hybridized carbons (Fsp3) is 0.538.